The van der Waals surface area contributed by atoms with Crippen molar-refractivity contribution >= 4 is 46.0 Å². The second kappa shape index (κ2) is 6.20. The normalized spacial score (nSPS) is 16.2. The maximum atomic E-state index is 12.6. The Morgan fingerprint density at radius 3 is 3.20 bits per heavy atom. The van der Waals surface area contributed by atoms with Crippen molar-refractivity contribution in [1.82, 2.24) is 19.7 Å². The van der Waals surface area contributed by atoms with Crippen LogP contribution >= 0.6 is 23.4 Å². The van der Waals surface area contributed by atoms with Crippen LogP contribution in [-0.4, -0.2) is 31.4 Å². The molecule has 3 heterocycles. The van der Waals surface area contributed by atoms with Crippen molar-refractivity contribution in [2.75, 3.05) is 11.1 Å². The van der Waals surface area contributed by atoms with Gasteiger partial charge in [0.1, 0.15) is 5.39 Å². The van der Waals surface area contributed by atoms with Crippen LogP contribution in [0.1, 0.15) is 18.0 Å². The van der Waals surface area contributed by atoms with E-state index in [1.807, 2.05) is 6.92 Å². The Morgan fingerprint density at radius 1 is 1.52 bits per heavy atom. The molecule has 25 heavy (non-hydrogen) atoms. The van der Waals surface area contributed by atoms with Crippen molar-refractivity contribution in [3.8, 4) is 0 Å². The Kier molecular flexibility index (Phi) is 4.01. The fourth-order valence-corrected chi connectivity index (χ4v) is 4.17. The molecule has 0 bridgehead atoms. The van der Waals surface area contributed by atoms with E-state index >= 15 is 0 Å². The number of hydrogen-bond donors (Lipinski definition) is 2. The first-order valence-corrected chi connectivity index (χ1v) is 9.04. The number of H-pyrrole nitrogens is 1. The molecule has 0 radical (unpaired) electrons. The third kappa shape index (κ3) is 2.81. The summed E-state index contributed by atoms with van der Waals surface area (Å²) in [5.41, 5.74) is 1.80. The van der Waals surface area contributed by atoms with Crippen LogP contribution in [0, 0.1) is 6.92 Å². The van der Waals surface area contributed by atoms with E-state index < -0.39 is 0 Å². The third-order valence-corrected chi connectivity index (χ3v) is 5.72. The number of aromatic nitrogens is 4. The zero-order valence-corrected chi connectivity index (χ0v) is 14.8. The summed E-state index contributed by atoms with van der Waals surface area (Å²) in [5.74, 6) is 0.465. The number of amides is 1. The first-order valence-electron chi connectivity index (χ1n) is 7.68. The Hall–Kier alpha value is -2.32. The maximum absolute atomic E-state index is 12.6. The van der Waals surface area contributed by atoms with Crippen molar-refractivity contribution in [2.24, 2.45) is 0 Å². The fourth-order valence-electron chi connectivity index (χ4n) is 2.86. The molecule has 1 unspecified atom stereocenters. The van der Waals surface area contributed by atoms with Gasteiger partial charge in [0, 0.05) is 22.9 Å². The Bertz CT molecular complexity index is 1040. The Morgan fingerprint density at radius 2 is 2.36 bits per heavy atom. The van der Waals surface area contributed by atoms with Crippen LogP contribution in [0.3, 0.4) is 0 Å². The summed E-state index contributed by atoms with van der Waals surface area (Å²) in [6.07, 6.45) is 1.66. The summed E-state index contributed by atoms with van der Waals surface area (Å²) in [6, 6.07) is 5.13. The lowest BCUT2D eigenvalue weighted by Gasteiger charge is -2.14. The molecule has 7 nitrogen and oxygen atoms in total. The monoisotopic (exact) mass is 375 g/mol. The number of nitrogens with one attached hydrogen (secondary N) is 2. The third-order valence-electron chi connectivity index (χ3n) is 4.21. The van der Waals surface area contributed by atoms with Gasteiger partial charge in [-0.25, -0.2) is 4.98 Å². The van der Waals surface area contributed by atoms with Gasteiger partial charge in [-0.05, 0) is 24.6 Å². The van der Waals surface area contributed by atoms with Gasteiger partial charge >= 0.3 is 0 Å². The molecule has 1 aliphatic heterocycles. The summed E-state index contributed by atoms with van der Waals surface area (Å²) in [7, 11) is 0. The van der Waals surface area contributed by atoms with Gasteiger partial charge in [0.25, 0.3) is 5.56 Å². The summed E-state index contributed by atoms with van der Waals surface area (Å²) < 4.78 is 1.59. The van der Waals surface area contributed by atoms with Gasteiger partial charge in [0.05, 0.1) is 12.2 Å². The molecule has 3 aromatic rings. The molecule has 1 amide bonds. The number of hydrogen-bond acceptors (Lipinski definition) is 5. The molecule has 0 spiro atoms. The lowest BCUT2D eigenvalue weighted by atomic mass is 10.1. The summed E-state index contributed by atoms with van der Waals surface area (Å²) >= 11 is 7.55. The number of carbonyl (C=O) groups is 1. The van der Waals surface area contributed by atoms with Crippen LogP contribution in [0.5, 0.6) is 0 Å². The molecular formula is C16H14ClN5O2S. The number of rotatable bonds is 3. The van der Waals surface area contributed by atoms with Gasteiger partial charge in [-0.3, -0.25) is 19.3 Å². The summed E-state index contributed by atoms with van der Waals surface area (Å²) in [5, 5.41) is 11.1. The van der Waals surface area contributed by atoms with E-state index in [4.69, 9.17) is 11.6 Å². The van der Waals surface area contributed by atoms with Gasteiger partial charge in [-0.2, -0.15) is 5.10 Å². The van der Waals surface area contributed by atoms with Crippen molar-refractivity contribution in [2.45, 2.75) is 24.5 Å². The van der Waals surface area contributed by atoms with Gasteiger partial charge in [-0.15, -0.1) is 0 Å². The number of halogens is 1. The highest BCUT2D eigenvalue weighted by atomic mass is 35.5. The number of carbonyl (C=O) groups excluding carboxylic acids is 1. The van der Waals surface area contributed by atoms with E-state index in [-0.39, 0.29) is 23.9 Å². The van der Waals surface area contributed by atoms with Crippen molar-refractivity contribution in [3.05, 3.63) is 45.3 Å². The number of benzene rings is 1. The first-order chi connectivity index (χ1) is 12.0. The zero-order chi connectivity index (χ0) is 17.6. The second-order valence-corrected chi connectivity index (χ2v) is 7.23. The van der Waals surface area contributed by atoms with Gasteiger partial charge in [0.15, 0.2) is 10.8 Å². The lowest BCUT2D eigenvalue weighted by molar-refractivity contribution is -0.116. The molecule has 0 fully saturated rings. The maximum Gasteiger partial charge on any atom is 0.265 e. The van der Waals surface area contributed by atoms with Gasteiger partial charge < -0.3 is 5.32 Å². The van der Waals surface area contributed by atoms with Crippen molar-refractivity contribution < 1.29 is 4.79 Å². The topological polar surface area (TPSA) is 92.7 Å². The molecule has 1 aliphatic rings. The Balaban J connectivity index is 1.58. The number of anilines is 1. The molecule has 2 aromatic heterocycles. The number of fused-ring (bicyclic) bond motifs is 2. The highest BCUT2D eigenvalue weighted by Gasteiger charge is 2.29. The molecule has 2 N–H and O–H groups in total. The molecular weight excluding hydrogens is 362 g/mol. The first kappa shape index (κ1) is 16.2. The largest absolute Gasteiger partial charge is 0.326 e. The smallest absolute Gasteiger partial charge is 0.265 e. The van der Waals surface area contributed by atoms with E-state index in [1.165, 1.54) is 18.0 Å². The molecule has 0 aliphatic carbocycles. The number of thioether (sulfide) groups is 1. The number of nitrogens with zero attached hydrogens (tertiary/aromatic N) is 3. The van der Waals surface area contributed by atoms with Crippen molar-refractivity contribution in [3.63, 3.8) is 0 Å². The van der Waals surface area contributed by atoms with Gasteiger partial charge in [-0.1, -0.05) is 29.4 Å². The van der Waals surface area contributed by atoms with Crippen LogP contribution in [0.4, 0.5) is 5.69 Å². The molecule has 0 saturated heterocycles. The predicted octanol–water partition coefficient (Wildman–Crippen LogP) is 2.76. The van der Waals surface area contributed by atoms with Crippen LogP contribution in [0.15, 0.2) is 34.3 Å². The molecule has 4 rings (SSSR count). The molecule has 1 aromatic carbocycles. The lowest BCUT2D eigenvalue weighted by Crippen LogP contribution is -2.27. The average molecular weight is 376 g/mol. The summed E-state index contributed by atoms with van der Waals surface area (Å²) in [4.78, 5) is 29.5. The highest BCUT2D eigenvalue weighted by Crippen LogP contribution is 2.33. The molecule has 0 saturated carbocycles. The minimum Gasteiger partial charge on any atom is -0.326 e. The molecule has 1 atom stereocenters. The van der Waals surface area contributed by atoms with E-state index in [0.717, 1.165) is 5.56 Å². The van der Waals surface area contributed by atoms with Gasteiger partial charge in [0.2, 0.25) is 5.91 Å². The van der Waals surface area contributed by atoms with E-state index in [0.29, 0.717) is 32.7 Å². The average Bonchev–Trinajstić information content (AvgIpc) is 3.20. The quantitative estimate of drug-likeness (QED) is 0.686. The standard InChI is InChI=1S/C16H14ClN5O2S/c1-8-11(17)3-2-4-12(8)19-13(23)5-9-7-25-16-20-14-10(6-18-21-14)15(24)22(9)16/h2-4,6,9H,5,7H2,1H3,(H,18,21)(H,19,23). The molecule has 128 valence electrons. The van der Waals surface area contributed by atoms with E-state index in [9.17, 15) is 9.59 Å². The van der Waals surface area contributed by atoms with Crippen LogP contribution in [0.2, 0.25) is 5.02 Å². The van der Waals surface area contributed by atoms with E-state index in [2.05, 4.69) is 20.5 Å². The van der Waals surface area contributed by atoms with Crippen LogP contribution in [-0.2, 0) is 4.79 Å². The Labute approximate surface area is 151 Å². The second-order valence-electron chi connectivity index (χ2n) is 5.83. The minimum absolute atomic E-state index is 0.164. The highest BCUT2D eigenvalue weighted by molar-refractivity contribution is 7.99. The summed E-state index contributed by atoms with van der Waals surface area (Å²) in [6.45, 7) is 1.85. The zero-order valence-electron chi connectivity index (χ0n) is 13.2. The molecule has 9 heteroatoms. The SMILES string of the molecule is Cc1c(Cl)cccc1NC(=O)CC1CSc2nc3[nH]ncc3c(=O)n21. The van der Waals surface area contributed by atoms with Crippen LogP contribution in [0.25, 0.3) is 11.0 Å². The fraction of sp³-hybridized carbons (Fsp3) is 0.250. The van der Waals surface area contributed by atoms with Crippen molar-refractivity contribution in [1.29, 1.82) is 0 Å². The minimum atomic E-state index is -0.237. The number of aromatic amines is 1. The van der Waals surface area contributed by atoms with Crippen LogP contribution < -0.4 is 10.9 Å². The predicted molar refractivity (Wildman–Crippen MR) is 97.3 cm³/mol. The van der Waals surface area contributed by atoms with E-state index in [1.54, 1.807) is 22.8 Å².